The summed E-state index contributed by atoms with van der Waals surface area (Å²) < 4.78 is 46.5. The second kappa shape index (κ2) is 9.00. The summed E-state index contributed by atoms with van der Waals surface area (Å²) in [5.41, 5.74) is 1.27. The molecule has 152 valence electrons. The highest BCUT2D eigenvalue weighted by atomic mass is 35.5. The molecule has 28 heavy (non-hydrogen) atoms. The molecule has 1 aliphatic rings. The minimum atomic E-state index is -3.90. The lowest BCUT2D eigenvalue weighted by Crippen LogP contribution is -2.48. The van der Waals surface area contributed by atoms with Gasteiger partial charge in [-0.2, -0.15) is 4.31 Å². The van der Waals surface area contributed by atoms with Gasteiger partial charge in [0.15, 0.2) is 0 Å². The fourth-order valence-corrected chi connectivity index (χ4v) is 5.09. The number of sulfonamides is 1. The zero-order valence-corrected chi connectivity index (χ0v) is 17.1. The first kappa shape index (κ1) is 22.3. The van der Waals surface area contributed by atoms with E-state index in [1.54, 1.807) is 25.1 Å². The third kappa shape index (κ3) is 4.35. The van der Waals surface area contributed by atoms with Crippen LogP contribution in [0.5, 0.6) is 0 Å². The summed E-state index contributed by atoms with van der Waals surface area (Å²) in [6.45, 7) is 2.78. The second-order valence-corrected chi connectivity index (χ2v) is 8.22. The van der Waals surface area contributed by atoms with Crippen molar-refractivity contribution in [2.45, 2.75) is 17.9 Å². The van der Waals surface area contributed by atoms with Gasteiger partial charge < -0.3 is 10.1 Å². The number of nitrogens with one attached hydrogen (secondary N) is 1. The molecule has 1 fully saturated rings. The van der Waals surface area contributed by atoms with Crippen LogP contribution in [-0.4, -0.2) is 45.4 Å². The molecule has 0 bridgehead atoms. The predicted octanol–water partition coefficient (Wildman–Crippen LogP) is 2.68. The molecule has 1 aliphatic heterocycles. The first-order valence-corrected chi connectivity index (χ1v) is 9.95. The summed E-state index contributed by atoms with van der Waals surface area (Å²) in [5.74, 6) is -1.02. The van der Waals surface area contributed by atoms with Gasteiger partial charge in [0.25, 0.3) is 0 Å². The number of benzene rings is 2. The number of halogens is 2. The van der Waals surface area contributed by atoms with Crippen molar-refractivity contribution < 1.29 is 22.3 Å². The lowest BCUT2D eigenvalue weighted by atomic mass is 10.1. The monoisotopic (exact) mass is 428 g/mol. The Morgan fingerprint density at radius 3 is 2.68 bits per heavy atom. The van der Waals surface area contributed by atoms with Crippen LogP contribution < -0.4 is 5.32 Å². The van der Waals surface area contributed by atoms with Crippen LogP contribution in [0.1, 0.15) is 27.5 Å². The Morgan fingerprint density at radius 1 is 1.25 bits per heavy atom. The van der Waals surface area contributed by atoms with Gasteiger partial charge in [0.2, 0.25) is 10.0 Å². The Hall–Kier alpha value is -2.00. The highest BCUT2D eigenvalue weighted by Crippen LogP contribution is 2.31. The third-order valence-electron chi connectivity index (χ3n) is 4.62. The van der Waals surface area contributed by atoms with Gasteiger partial charge in [-0.3, -0.25) is 0 Å². The lowest BCUT2D eigenvalue weighted by molar-refractivity contribution is 0.0600. The van der Waals surface area contributed by atoms with E-state index in [9.17, 15) is 17.6 Å². The molecular weight excluding hydrogens is 407 g/mol. The summed E-state index contributed by atoms with van der Waals surface area (Å²) in [6, 6.07) is 9.84. The fraction of sp³-hybridized carbons (Fsp3) is 0.316. The Kier molecular flexibility index (Phi) is 7.16. The van der Waals surface area contributed by atoms with Crippen LogP contribution in [0, 0.1) is 12.7 Å². The standard InChI is InChI=1S/C19H21FN2O4S.ClH/c1-13-6-7-15(19(23)26-2)11-18(13)27(24,25)22-9-8-21-12-17(22)14-4-3-5-16(20)10-14;/h3-7,10-11,17,21H,8-9,12H2,1-2H3;1H. The fourth-order valence-electron chi connectivity index (χ4n) is 3.22. The average Bonchev–Trinajstić information content (AvgIpc) is 2.67. The molecule has 2 aromatic rings. The van der Waals surface area contributed by atoms with Crippen molar-refractivity contribution in [2.24, 2.45) is 0 Å². The van der Waals surface area contributed by atoms with Crippen molar-refractivity contribution in [3.63, 3.8) is 0 Å². The second-order valence-electron chi connectivity index (χ2n) is 6.36. The summed E-state index contributed by atoms with van der Waals surface area (Å²) in [7, 11) is -2.66. The van der Waals surface area contributed by atoms with E-state index in [0.717, 1.165) is 0 Å². The topological polar surface area (TPSA) is 75.7 Å². The molecule has 1 heterocycles. The van der Waals surface area contributed by atoms with Crippen molar-refractivity contribution in [1.29, 1.82) is 0 Å². The number of hydrogen-bond acceptors (Lipinski definition) is 5. The van der Waals surface area contributed by atoms with Crippen molar-refractivity contribution in [1.82, 2.24) is 9.62 Å². The van der Waals surface area contributed by atoms with Crippen LogP contribution in [0.25, 0.3) is 0 Å². The Bertz CT molecular complexity index is 968. The van der Waals surface area contributed by atoms with E-state index in [0.29, 0.717) is 24.2 Å². The van der Waals surface area contributed by atoms with Gasteiger partial charge in [-0.25, -0.2) is 17.6 Å². The largest absolute Gasteiger partial charge is 0.465 e. The van der Waals surface area contributed by atoms with Crippen molar-refractivity contribution >= 4 is 28.4 Å². The van der Waals surface area contributed by atoms with Gasteiger partial charge in [0.1, 0.15) is 5.82 Å². The van der Waals surface area contributed by atoms with E-state index in [2.05, 4.69) is 5.32 Å². The maximum atomic E-state index is 13.7. The Labute approximate surface area is 170 Å². The Balaban J connectivity index is 0.00000280. The van der Waals surface area contributed by atoms with Crippen LogP contribution in [-0.2, 0) is 14.8 Å². The normalized spacial score (nSPS) is 17.6. The number of piperazine rings is 1. The maximum Gasteiger partial charge on any atom is 0.337 e. The summed E-state index contributed by atoms with van der Waals surface area (Å²) in [6.07, 6.45) is 0. The minimum absolute atomic E-state index is 0. The SMILES string of the molecule is COC(=O)c1ccc(C)c(S(=O)(=O)N2CCNCC2c2cccc(F)c2)c1.Cl. The average molecular weight is 429 g/mol. The summed E-state index contributed by atoms with van der Waals surface area (Å²) in [5, 5.41) is 3.16. The molecule has 1 N–H and O–H groups in total. The van der Waals surface area contributed by atoms with Crippen molar-refractivity contribution in [3.8, 4) is 0 Å². The highest BCUT2D eigenvalue weighted by molar-refractivity contribution is 7.89. The molecule has 1 saturated heterocycles. The zero-order valence-electron chi connectivity index (χ0n) is 15.5. The molecule has 0 amide bonds. The van der Waals surface area contributed by atoms with Gasteiger partial charge in [-0.1, -0.05) is 18.2 Å². The van der Waals surface area contributed by atoms with Crippen molar-refractivity contribution in [3.05, 3.63) is 65.0 Å². The van der Waals surface area contributed by atoms with Gasteiger partial charge in [-0.05, 0) is 42.3 Å². The predicted molar refractivity (Wildman–Crippen MR) is 106 cm³/mol. The quantitative estimate of drug-likeness (QED) is 0.758. The first-order chi connectivity index (χ1) is 12.8. The van der Waals surface area contributed by atoms with Crippen LogP contribution in [0.2, 0.25) is 0 Å². The van der Waals surface area contributed by atoms with Gasteiger partial charge in [-0.15, -0.1) is 12.4 Å². The highest BCUT2D eigenvalue weighted by Gasteiger charge is 2.35. The number of carbonyl (C=O) groups is 1. The molecule has 0 aromatic heterocycles. The van der Waals surface area contributed by atoms with E-state index in [-0.39, 0.29) is 29.4 Å². The molecule has 2 aromatic carbocycles. The van der Waals surface area contributed by atoms with E-state index in [1.807, 2.05) is 0 Å². The minimum Gasteiger partial charge on any atom is -0.465 e. The summed E-state index contributed by atoms with van der Waals surface area (Å²) >= 11 is 0. The number of hydrogen-bond donors (Lipinski definition) is 1. The van der Waals surface area contributed by atoms with Gasteiger partial charge in [0, 0.05) is 19.6 Å². The molecule has 1 unspecified atom stereocenters. The number of rotatable bonds is 4. The number of carbonyl (C=O) groups excluding carboxylic acids is 1. The van der Waals surface area contributed by atoms with E-state index in [1.165, 1.54) is 35.7 Å². The zero-order chi connectivity index (χ0) is 19.6. The van der Waals surface area contributed by atoms with E-state index < -0.39 is 27.9 Å². The summed E-state index contributed by atoms with van der Waals surface area (Å²) in [4.78, 5) is 11.9. The van der Waals surface area contributed by atoms with Crippen LogP contribution in [0.15, 0.2) is 47.4 Å². The number of aryl methyl sites for hydroxylation is 1. The third-order valence-corrected chi connectivity index (χ3v) is 6.67. The number of ether oxygens (including phenoxy) is 1. The molecule has 1 atom stereocenters. The number of methoxy groups -OCH3 is 1. The van der Waals surface area contributed by atoms with Crippen LogP contribution in [0.3, 0.4) is 0 Å². The van der Waals surface area contributed by atoms with Crippen molar-refractivity contribution in [2.75, 3.05) is 26.7 Å². The maximum absolute atomic E-state index is 13.7. The number of nitrogens with zero attached hydrogens (tertiary/aromatic N) is 1. The van der Waals surface area contributed by atoms with Crippen LogP contribution >= 0.6 is 12.4 Å². The van der Waals surface area contributed by atoms with E-state index >= 15 is 0 Å². The smallest absolute Gasteiger partial charge is 0.337 e. The molecule has 3 rings (SSSR count). The molecule has 0 spiro atoms. The molecule has 0 saturated carbocycles. The Morgan fingerprint density at radius 2 is 2.00 bits per heavy atom. The van der Waals surface area contributed by atoms with Crippen LogP contribution in [0.4, 0.5) is 4.39 Å². The molecule has 9 heteroatoms. The number of esters is 1. The van der Waals surface area contributed by atoms with E-state index in [4.69, 9.17) is 4.74 Å². The van der Waals surface area contributed by atoms with Gasteiger partial charge in [0.05, 0.1) is 23.6 Å². The van der Waals surface area contributed by atoms with Gasteiger partial charge >= 0.3 is 5.97 Å². The molecule has 0 aliphatic carbocycles. The first-order valence-electron chi connectivity index (χ1n) is 8.51. The lowest BCUT2D eigenvalue weighted by Gasteiger charge is -2.35. The molecule has 0 radical (unpaired) electrons. The molecular formula is C19H22ClFN2O4S. The molecule has 6 nitrogen and oxygen atoms in total.